The molecule has 0 saturated carbocycles. The van der Waals surface area contributed by atoms with Gasteiger partial charge in [0.15, 0.2) is 0 Å². The number of nitrogens with two attached hydrogens (primary N) is 1. The number of aliphatic hydroxyl groups is 1. The van der Waals surface area contributed by atoms with Gasteiger partial charge in [-0.3, -0.25) is 10.2 Å². The number of nitrogens with one attached hydrogen (secondary N) is 1. The van der Waals surface area contributed by atoms with Crippen molar-refractivity contribution in [1.82, 2.24) is 5.43 Å². The van der Waals surface area contributed by atoms with Gasteiger partial charge in [0.05, 0.1) is 6.61 Å². The molecule has 100 valence electrons. The van der Waals surface area contributed by atoms with Crippen LogP contribution >= 0.6 is 0 Å². The zero-order valence-corrected chi connectivity index (χ0v) is 10.4. The normalized spacial score (nSPS) is 10.1. The predicted octanol–water partition coefficient (Wildman–Crippen LogP) is 0.760. The van der Waals surface area contributed by atoms with Crippen LogP contribution in [0.3, 0.4) is 0 Å². The van der Waals surface area contributed by atoms with Crippen LogP contribution in [0.15, 0.2) is 24.3 Å². The maximum absolute atomic E-state index is 10.8. The molecule has 0 spiro atoms. The van der Waals surface area contributed by atoms with Crippen molar-refractivity contribution in [3.8, 4) is 5.75 Å². The van der Waals surface area contributed by atoms with Gasteiger partial charge in [0.25, 0.3) is 0 Å². The van der Waals surface area contributed by atoms with Crippen LogP contribution in [0.4, 0.5) is 0 Å². The summed E-state index contributed by atoms with van der Waals surface area (Å²) in [6.07, 6.45) is 2.65. The third-order valence-corrected chi connectivity index (χ3v) is 2.55. The zero-order valence-electron chi connectivity index (χ0n) is 10.4. The van der Waals surface area contributed by atoms with Gasteiger partial charge in [-0.2, -0.15) is 0 Å². The smallest absolute Gasteiger partial charge is 0.233 e. The number of hydrogen-bond acceptors (Lipinski definition) is 4. The standard InChI is InChI=1S/C13H20N2O3/c14-15-13(17)3-1-2-10-18-12-6-4-11(5-7-12)8-9-16/h4-7,16H,1-3,8-10,14H2,(H,15,17). The van der Waals surface area contributed by atoms with Crippen LogP contribution in [0.25, 0.3) is 0 Å². The molecular weight excluding hydrogens is 232 g/mol. The minimum Gasteiger partial charge on any atom is -0.494 e. The topological polar surface area (TPSA) is 84.6 Å². The molecule has 0 aliphatic rings. The number of hydrogen-bond donors (Lipinski definition) is 3. The largest absolute Gasteiger partial charge is 0.494 e. The fourth-order valence-electron chi connectivity index (χ4n) is 1.53. The molecule has 0 radical (unpaired) electrons. The highest BCUT2D eigenvalue weighted by molar-refractivity contribution is 5.75. The number of benzene rings is 1. The van der Waals surface area contributed by atoms with Gasteiger partial charge in [-0.25, -0.2) is 5.84 Å². The second-order valence-corrected chi connectivity index (χ2v) is 3.99. The molecule has 1 aromatic carbocycles. The van der Waals surface area contributed by atoms with Crippen molar-refractivity contribution < 1.29 is 14.6 Å². The summed E-state index contributed by atoms with van der Waals surface area (Å²) in [6, 6.07) is 7.65. The van der Waals surface area contributed by atoms with Crippen LogP contribution in [-0.4, -0.2) is 24.2 Å². The summed E-state index contributed by atoms with van der Waals surface area (Å²) in [5.41, 5.74) is 3.18. The maximum Gasteiger partial charge on any atom is 0.233 e. The molecule has 1 rings (SSSR count). The van der Waals surface area contributed by atoms with E-state index in [1.165, 1.54) is 0 Å². The van der Waals surface area contributed by atoms with Crippen molar-refractivity contribution >= 4 is 5.91 Å². The van der Waals surface area contributed by atoms with E-state index < -0.39 is 0 Å². The fourth-order valence-corrected chi connectivity index (χ4v) is 1.53. The molecule has 0 aromatic heterocycles. The van der Waals surface area contributed by atoms with E-state index in [0.717, 1.165) is 24.2 Å². The summed E-state index contributed by atoms with van der Waals surface area (Å²) in [5.74, 6) is 5.62. The molecule has 0 aliphatic carbocycles. The predicted molar refractivity (Wildman–Crippen MR) is 68.9 cm³/mol. The highest BCUT2D eigenvalue weighted by Crippen LogP contribution is 2.13. The second kappa shape index (κ2) is 8.49. The molecule has 4 N–H and O–H groups in total. The minimum atomic E-state index is -0.150. The molecule has 0 bridgehead atoms. The number of rotatable bonds is 8. The van der Waals surface area contributed by atoms with Crippen molar-refractivity contribution in [2.45, 2.75) is 25.7 Å². The first-order valence-electron chi connectivity index (χ1n) is 6.08. The lowest BCUT2D eigenvalue weighted by Gasteiger charge is -2.06. The first-order chi connectivity index (χ1) is 8.76. The Morgan fingerprint density at radius 3 is 2.61 bits per heavy atom. The van der Waals surface area contributed by atoms with E-state index in [-0.39, 0.29) is 12.5 Å². The molecule has 1 amide bonds. The molecule has 18 heavy (non-hydrogen) atoms. The second-order valence-electron chi connectivity index (χ2n) is 3.99. The van der Waals surface area contributed by atoms with E-state index in [9.17, 15) is 4.79 Å². The lowest BCUT2D eigenvalue weighted by molar-refractivity contribution is -0.121. The molecule has 1 aromatic rings. The number of hydrazine groups is 1. The Bertz CT molecular complexity index is 352. The SMILES string of the molecule is NNC(=O)CCCCOc1ccc(CCO)cc1. The monoisotopic (exact) mass is 252 g/mol. The van der Waals surface area contributed by atoms with Crippen molar-refractivity contribution in [2.24, 2.45) is 5.84 Å². The molecule has 0 fully saturated rings. The maximum atomic E-state index is 10.8. The number of carbonyl (C=O) groups is 1. The number of carbonyl (C=O) groups excluding carboxylic acids is 1. The highest BCUT2D eigenvalue weighted by atomic mass is 16.5. The number of aliphatic hydroxyl groups excluding tert-OH is 1. The van der Waals surface area contributed by atoms with Crippen LogP contribution in [0.5, 0.6) is 5.75 Å². The summed E-state index contributed by atoms with van der Waals surface area (Å²) >= 11 is 0. The summed E-state index contributed by atoms with van der Waals surface area (Å²) in [6.45, 7) is 0.737. The van der Waals surface area contributed by atoms with Gasteiger partial charge in [0.2, 0.25) is 5.91 Å². The van der Waals surface area contributed by atoms with Crippen molar-refractivity contribution in [3.63, 3.8) is 0 Å². The first kappa shape index (κ1) is 14.5. The van der Waals surface area contributed by atoms with Crippen LogP contribution in [-0.2, 0) is 11.2 Å². The number of ether oxygens (including phenoxy) is 1. The molecule has 5 nitrogen and oxygen atoms in total. The number of unbranched alkanes of at least 4 members (excludes halogenated alkanes) is 1. The molecule has 0 atom stereocenters. The first-order valence-corrected chi connectivity index (χ1v) is 6.08. The lowest BCUT2D eigenvalue weighted by Crippen LogP contribution is -2.29. The highest BCUT2D eigenvalue weighted by Gasteiger charge is 1.99. The van der Waals surface area contributed by atoms with Gasteiger partial charge < -0.3 is 9.84 Å². The van der Waals surface area contributed by atoms with E-state index in [1.807, 2.05) is 24.3 Å². The van der Waals surface area contributed by atoms with Crippen molar-refractivity contribution in [3.05, 3.63) is 29.8 Å². The molecule has 0 saturated heterocycles. The fraction of sp³-hybridized carbons (Fsp3) is 0.462. The van der Waals surface area contributed by atoms with Crippen LogP contribution in [0, 0.1) is 0 Å². The van der Waals surface area contributed by atoms with E-state index in [2.05, 4.69) is 5.43 Å². The summed E-state index contributed by atoms with van der Waals surface area (Å²) in [4.78, 5) is 10.8. The summed E-state index contributed by atoms with van der Waals surface area (Å²) in [7, 11) is 0. The molecule has 0 heterocycles. The number of amides is 1. The Labute approximate surface area is 107 Å². The van der Waals surface area contributed by atoms with Crippen LogP contribution in [0.2, 0.25) is 0 Å². The van der Waals surface area contributed by atoms with Gasteiger partial charge in [0, 0.05) is 13.0 Å². The Morgan fingerprint density at radius 1 is 1.28 bits per heavy atom. The molecule has 0 unspecified atom stereocenters. The van der Waals surface area contributed by atoms with Crippen molar-refractivity contribution in [2.75, 3.05) is 13.2 Å². The molecular formula is C13H20N2O3. The summed E-state index contributed by atoms with van der Waals surface area (Å²) in [5, 5.41) is 8.78. The van der Waals surface area contributed by atoms with E-state index in [1.54, 1.807) is 0 Å². The lowest BCUT2D eigenvalue weighted by atomic mass is 10.1. The quantitative estimate of drug-likeness (QED) is 0.276. The minimum absolute atomic E-state index is 0.150. The van der Waals surface area contributed by atoms with Gasteiger partial charge >= 0.3 is 0 Å². The Morgan fingerprint density at radius 2 is 2.00 bits per heavy atom. The van der Waals surface area contributed by atoms with Gasteiger partial charge in [-0.15, -0.1) is 0 Å². The van der Waals surface area contributed by atoms with Crippen LogP contribution in [0.1, 0.15) is 24.8 Å². The molecule has 5 heteroatoms. The average Bonchev–Trinajstić information content (AvgIpc) is 2.40. The Kier molecular flexibility index (Phi) is 6.83. The third-order valence-electron chi connectivity index (χ3n) is 2.55. The van der Waals surface area contributed by atoms with E-state index >= 15 is 0 Å². The molecule has 0 aliphatic heterocycles. The van der Waals surface area contributed by atoms with E-state index in [4.69, 9.17) is 15.7 Å². The van der Waals surface area contributed by atoms with Crippen molar-refractivity contribution in [1.29, 1.82) is 0 Å². The summed E-state index contributed by atoms with van der Waals surface area (Å²) < 4.78 is 5.53. The zero-order chi connectivity index (χ0) is 13.2. The van der Waals surface area contributed by atoms with E-state index in [0.29, 0.717) is 19.4 Å². The average molecular weight is 252 g/mol. The van der Waals surface area contributed by atoms with Gasteiger partial charge in [-0.1, -0.05) is 12.1 Å². The third kappa shape index (κ3) is 5.65. The Hall–Kier alpha value is -1.59. The Balaban J connectivity index is 2.17. The van der Waals surface area contributed by atoms with Gasteiger partial charge in [-0.05, 0) is 37.0 Å². The van der Waals surface area contributed by atoms with Gasteiger partial charge in [0.1, 0.15) is 5.75 Å². The van der Waals surface area contributed by atoms with Crippen LogP contribution < -0.4 is 16.0 Å².